The molecule has 3 fully saturated rings. The van der Waals surface area contributed by atoms with Crippen molar-refractivity contribution >= 4 is 5.82 Å². The molecule has 0 spiro atoms. The van der Waals surface area contributed by atoms with Gasteiger partial charge in [0.15, 0.2) is 0 Å². The fourth-order valence-electron chi connectivity index (χ4n) is 6.55. The number of aromatic nitrogens is 3. The Hall–Kier alpha value is -2.90. The van der Waals surface area contributed by atoms with E-state index in [1.54, 1.807) is 0 Å². The van der Waals surface area contributed by atoms with Gasteiger partial charge in [0.2, 0.25) is 5.88 Å². The van der Waals surface area contributed by atoms with Gasteiger partial charge >= 0.3 is 0 Å². The minimum absolute atomic E-state index is 0.0621. The van der Waals surface area contributed by atoms with Gasteiger partial charge in [0, 0.05) is 55.5 Å². The van der Waals surface area contributed by atoms with Crippen LogP contribution in [0.25, 0.3) is 22.3 Å². The van der Waals surface area contributed by atoms with Crippen LogP contribution in [0.15, 0.2) is 42.7 Å². The van der Waals surface area contributed by atoms with Gasteiger partial charge in [-0.05, 0) is 73.8 Å². The molecule has 7 nitrogen and oxygen atoms in total. The van der Waals surface area contributed by atoms with Crippen molar-refractivity contribution in [3.05, 3.63) is 48.3 Å². The third kappa shape index (κ3) is 4.08. The van der Waals surface area contributed by atoms with Crippen molar-refractivity contribution in [3.63, 3.8) is 0 Å². The number of ether oxygens (including phenoxy) is 2. The van der Waals surface area contributed by atoms with Gasteiger partial charge in [0.05, 0.1) is 12.8 Å². The molecule has 1 N–H and O–H groups in total. The van der Waals surface area contributed by atoms with Crippen LogP contribution >= 0.6 is 0 Å². The second kappa shape index (κ2) is 9.20. The van der Waals surface area contributed by atoms with E-state index in [0.717, 1.165) is 48.7 Å². The van der Waals surface area contributed by atoms with Crippen molar-refractivity contribution in [1.82, 2.24) is 20.1 Å². The first kappa shape index (κ1) is 22.3. The Morgan fingerprint density at radius 3 is 2.67 bits per heavy atom. The van der Waals surface area contributed by atoms with Crippen LogP contribution in [0.2, 0.25) is 0 Å². The van der Waals surface area contributed by atoms with Crippen molar-refractivity contribution in [2.24, 2.45) is 0 Å². The number of fused-ring (bicyclic) bond motifs is 5. The number of hydrogen-bond donors (Lipinski definition) is 1. The summed E-state index contributed by atoms with van der Waals surface area (Å²) in [4.78, 5) is 7.38. The van der Waals surface area contributed by atoms with Crippen LogP contribution < -0.4 is 15.0 Å². The summed E-state index contributed by atoms with van der Waals surface area (Å²) in [6.45, 7) is 1.46. The zero-order chi connectivity index (χ0) is 24.1. The highest BCUT2D eigenvalue weighted by Crippen LogP contribution is 2.39. The number of anilines is 1. The van der Waals surface area contributed by atoms with Gasteiger partial charge in [-0.15, -0.1) is 0 Å². The molecule has 3 atom stereocenters. The molecule has 4 aliphatic heterocycles. The third-order valence-electron chi connectivity index (χ3n) is 8.59. The molecule has 2 bridgehead atoms. The number of nitrogens with zero attached hydrogens (tertiary/aromatic N) is 4. The molecule has 4 aliphatic rings. The molecular formula is C29H35N5O2. The second-order valence-electron chi connectivity index (χ2n) is 10.9. The lowest BCUT2D eigenvalue weighted by Gasteiger charge is -2.36. The highest BCUT2D eigenvalue weighted by atomic mass is 16.5. The van der Waals surface area contributed by atoms with Crippen LogP contribution in [0, 0.1) is 0 Å². The molecule has 36 heavy (non-hydrogen) atoms. The third-order valence-corrected chi connectivity index (χ3v) is 8.59. The fourth-order valence-corrected chi connectivity index (χ4v) is 6.55. The Morgan fingerprint density at radius 2 is 1.83 bits per heavy atom. The van der Waals surface area contributed by atoms with E-state index in [0.29, 0.717) is 24.7 Å². The van der Waals surface area contributed by atoms with Crippen molar-refractivity contribution < 1.29 is 9.47 Å². The monoisotopic (exact) mass is 485 g/mol. The SMILES string of the molecule is CN(c1ccc2c(n1)OCCc1cc(-c3cnn(C4CCCCO4)c3)ccc1-2)C1CC2CCC(C1)N2. The Morgan fingerprint density at radius 1 is 0.972 bits per heavy atom. The molecule has 3 aromatic rings. The molecule has 6 heterocycles. The molecule has 0 amide bonds. The Labute approximate surface area is 212 Å². The molecule has 1 aromatic carbocycles. The van der Waals surface area contributed by atoms with Gasteiger partial charge in [-0.3, -0.25) is 0 Å². The molecule has 0 aliphatic carbocycles. The highest BCUT2D eigenvalue weighted by Gasteiger charge is 2.35. The van der Waals surface area contributed by atoms with E-state index in [1.165, 1.54) is 48.8 Å². The standard InChI is InChI=1S/C29H35N5O2/c1-33(24-15-22-6-7-23(16-24)31-22)27-10-9-26-25-8-5-19(14-20(25)11-13-36-29(26)32-27)21-17-30-34(18-21)28-4-2-3-12-35-28/h5,8-10,14,17-18,22-24,28,31H,2-4,6-7,11-13,15-16H2,1H3. The second-order valence-corrected chi connectivity index (χ2v) is 10.9. The van der Waals surface area contributed by atoms with E-state index in [-0.39, 0.29) is 6.23 Å². The van der Waals surface area contributed by atoms with Gasteiger partial charge in [-0.25, -0.2) is 4.68 Å². The lowest BCUT2D eigenvalue weighted by atomic mass is 9.95. The number of benzene rings is 1. The summed E-state index contributed by atoms with van der Waals surface area (Å²) >= 11 is 0. The van der Waals surface area contributed by atoms with Crippen LogP contribution in [0.1, 0.15) is 56.7 Å². The Balaban J connectivity index is 1.14. The van der Waals surface area contributed by atoms with Crippen molar-refractivity contribution in [1.29, 1.82) is 0 Å². The minimum atomic E-state index is 0.0621. The number of piperidine rings is 1. The molecule has 3 unspecified atom stereocenters. The van der Waals surface area contributed by atoms with E-state index in [1.807, 2.05) is 10.9 Å². The maximum Gasteiger partial charge on any atom is 0.223 e. The van der Waals surface area contributed by atoms with Crippen LogP contribution in [0.3, 0.4) is 0 Å². The largest absolute Gasteiger partial charge is 0.477 e. The summed E-state index contributed by atoms with van der Waals surface area (Å²) in [5.74, 6) is 1.77. The molecular weight excluding hydrogens is 450 g/mol. The fraction of sp³-hybridized carbons (Fsp3) is 0.517. The van der Waals surface area contributed by atoms with Gasteiger partial charge < -0.3 is 19.7 Å². The first-order chi connectivity index (χ1) is 17.7. The molecule has 0 saturated carbocycles. The molecule has 188 valence electrons. The minimum Gasteiger partial charge on any atom is -0.477 e. The van der Waals surface area contributed by atoms with Gasteiger partial charge in [0.1, 0.15) is 12.0 Å². The van der Waals surface area contributed by atoms with Crippen molar-refractivity contribution in [2.75, 3.05) is 25.2 Å². The number of nitrogens with one attached hydrogen (secondary N) is 1. The average molecular weight is 486 g/mol. The van der Waals surface area contributed by atoms with Gasteiger partial charge in [0.25, 0.3) is 0 Å². The zero-order valence-electron chi connectivity index (χ0n) is 21.0. The zero-order valence-corrected chi connectivity index (χ0v) is 21.0. The Kier molecular flexibility index (Phi) is 5.70. The smallest absolute Gasteiger partial charge is 0.223 e. The number of rotatable bonds is 4. The topological polar surface area (TPSA) is 64.4 Å². The molecule has 2 aromatic heterocycles. The normalized spacial score (nSPS) is 27.0. The summed E-state index contributed by atoms with van der Waals surface area (Å²) in [7, 11) is 2.19. The highest BCUT2D eigenvalue weighted by molar-refractivity contribution is 5.77. The van der Waals surface area contributed by atoms with Crippen molar-refractivity contribution in [2.45, 2.75) is 75.7 Å². The average Bonchev–Trinajstić information content (AvgIpc) is 3.50. The van der Waals surface area contributed by atoms with E-state index < -0.39 is 0 Å². The van der Waals surface area contributed by atoms with E-state index in [9.17, 15) is 0 Å². The van der Waals surface area contributed by atoms with Gasteiger partial charge in [-0.2, -0.15) is 10.1 Å². The summed E-state index contributed by atoms with van der Waals surface area (Å²) in [6, 6.07) is 12.9. The van der Waals surface area contributed by atoms with Crippen LogP contribution in [0.5, 0.6) is 5.88 Å². The first-order valence-electron chi connectivity index (χ1n) is 13.6. The lowest BCUT2D eigenvalue weighted by molar-refractivity contribution is -0.0394. The van der Waals surface area contributed by atoms with E-state index >= 15 is 0 Å². The summed E-state index contributed by atoms with van der Waals surface area (Å²) < 4.78 is 14.1. The Bertz CT molecular complexity index is 1240. The van der Waals surface area contributed by atoms with Gasteiger partial charge in [-0.1, -0.05) is 18.2 Å². The molecule has 7 heteroatoms. The predicted octanol–water partition coefficient (Wildman–Crippen LogP) is 4.97. The maximum absolute atomic E-state index is 6.21. The van der Waals surface area contributed by atoms with Crippen LogP contribution in [-0.2, 0) is 11.2 Å². The van der Waals surface area contributed by atoms with Crippen LogP contribution in [0.4, 0.5) is 5.82 Å². The summed E-state index contributed by atoms with van der Waals surface area (Å²) in [5.41, 5.74) is 5.91. The summed E-state index contributed by atoms with van der Waals surface area (Å²) in [5, 5.41) is 8.36. The van der Waals surface area contributed by atoms with E-state index in [4.69, 9.17) is 14.5 Å². The van der Waals surface area contributed by atoms with Crippen LogP contribution in [-0.4, -0.2) is 53.2 Å². The van der Waals surface area contributed by atoms with E-state index in [2.05, 4.69) is 58.9 Å². The lowest BCUT2D eigenvalue weighted by Crippen LogP contribution is -2.47. The molecule has 0 radical (unpaired) electrons. The summed E-state index contributed by atoms with van der Waals surface area (Å²) in [6.07, 6.45) is 13.4. The maximum atomic E-state index is 6.21. The number of pyridine rings is 1. The first-order valence-corrected chi connectivity index (χ1v) is 13.6. The molecule has 3 saturated heterocycles. The van der Waals surface area contributed by atoms with Crippen molar-refractivity contribution in [3.8, 4) is 28.1 Å². The predicted molar refractivity (Wildman–Crippen MR) is 140 cm³/mol. The quantitative estimate of drug-likeness (QED) is 0.563. The molecule has 7 rings (SSSR count). The number of hydrogen-bond acceptors (Lipinski definition) is 6.